The average molecular weight is 281 g/mol. The summed E-state index contributed by atoms with van der Waals surface area (Å²) in [5, 5.41) is 9.24. The molecule has 0 unspecified atom stereocenters. The Hall–Kier alpha value is -2.33. The van der Waals surface area contributed by atoms with E-state index < -0.39 is 0 Å². The van der Waals surface area contributed by atoms with Crippen LogP contribution < -0.4 is 10.1 Å². The molecule has 0 aliphatic heterocycles. The minimum absolute atomic E-state index is 0.757. The third kappa shape index (κ3) is 2.90. The number of hydrogen-bond donors (Lipinski definition) is 1. The molecular weight excluding hydrogens is 262 g/mol. The second-order valence-corrected chi connectivity index (χ2v) is 5.04. The van der Waals surface area contributed by atoms with Crippen molar-refractivity contribution >= 4 is 10.9 Å². The molecule has 0 fully saturated rings. The molecule has 1 N–H and O–H groups in total. The highest BCUT2D eigenvalue weighted by Crippen LogP contribution is 2.17. The largest absolute Gasteiger partial charge is 0.497 e. The lowest BCUT2D eigenvalue weighted by molar-refractivity contribution is 0.414. The number of aromatic nitrogens is 2. The maximum Gasteiger partial charge on any atom is 0.118 e. The number of rotatable bonds is 5. The molecule has 0 radical (unpaired) electrons. The normalized spacial score (nSPS) is 11.0. The number of nitrogens with one attached hydrogen (secondary N) is 1. The molecule has 0 bridgehead atoms. The van der Waals surface area contributed by atoms with Gasteiger partial charge in [-0.25, -0.2) is 0 Å². The molecule has 1 aromatic heterocycles. The van der Waals surface area contributed by atoms with E-state index >= 15 is 0 Å². The van der Waals surface area contributed by atoms with Crippen LogP contribution in [0.4, 0.5) is 0 Å². The molecule has 0 aliphatic carbocycles. The first kappa shape index (κ1) is 13.6. The number of hydrogen-bond acceptors (Lipinski definition) is 3. The predicted molar refractivity (Wildman–Crippen MR) is 84.3 cm³/mol. The number of fused-ring (bicyclic) bond motifs is 1. The van der Waals surface area contributed by atoms with E-state index in [0.717, 1.165) is 24.5 Å². The molecule has 21 heavy (non-hydrogen) atoms. The van der Waals surface area contributed by atoms with Gasteiger partial charge in [-0.1, -0.05) is 30.3 Å². The summed E-state index contributed by atoms with van der Waals surface area (Å²) < 4.78 is 7.09. The quantitative estimate of drug-likeness (QED) is 0.781. The van der Waals surface area contributed by atoms with E-state index in [9.17, 15) is 0 Å². The van der Waals surface area contributed by atoms with E-state index in [2.05, 4.69) is 40.7 Å². The van der Waals surface area contributed by atoms with Crippen LogP contribution in [0.2, 0.25) is 0 Å². The van der Waals surface area contributed by atoms with Crippen molar-refractivity contribution in [3.8, 4) is 5.75 Å². The van der Waals surface area contributed by atoms with Crippen LogP contribution in [0.25, 0.3) is 10.9 Å². The Labute approximate surface area is 124 Å². The zero-order valence-electron chi connectivity index (χ0n) is 12.3. The van der Waals surface area contributed by atoms with Crippen LogP contribution in [-0.4, -0.2) is 16.9 Å². The first-order valence-corrected chi connectivity index (χ1v) is 7.02. The fourth-order valence-corrected chi connectivity index (χ4v) is 2.49. The lowest BCUT2D eigenvalue weighted by Crippen LogP contribution is -2.13. The topological polar surface area (TPSA) is 39.1 Å². The van der Waals surface area contributed by atoms with E-state index in [1.807, 2.05) is 29.9 Å². The Balaban J connectivity index is 1.66. The van der Waals surface area contributed by atoms with Crippen molar-refractivity contribution in [2.24, 2.45) is 7.05 Å². The molecule has 0 amide bonds. The lowest BCUT2D eigenvalue weighted by atomic mass is 10.2. The number of methoxy groups -OCH3 is 1. The van der Waals surface area contributed by atoms with Gasteiger partial charge in [0.2, 0.25) is 0 Å². The summed E-state index contributed by atoms with van der Waals surface area (Å²) in [6.07, 6.45) is 0. The van der Waals surface area contributed by atoms with Gasteiger partial charge in [0, 0.05) is 25.5 Å². The van der Waals surface area contributed by atoms with E-state index in [-0.39, 0.29) is 0 Å². The molecule has 0 spiro atoms. The lowest BCUT2D eigenvalue weighted by Gasteiger charge is -2.05. The summed E-state index contributed by atoms with van der Waals surface area (Å²) in [6.45, 7) is 1.57. The molecule has 3 rings (SSSR count). The van der Waals surface area contributed by atoms with E-state index in [4.69, 9.17) is 4.74 Å². The maximum absolute atomic E-state index is 5.16. The molecule has 4 heteroatoms. The van der Waals surface area contributed by atoms with Crippen molar-refractivity contribution in [2.45, 2.75) is 13.1 Å². The molecule has 0 saturated heterocycles. The van der Waals surface area contributed by atoms with Crippen molar-refractivity contribution < 1.29 is 4.74 Å². The van der Waals surface area contributed by atoms with Gasteiger partial charge >= 0.3 is 0 Å². The van der Waals surface area contributed by atoms with Crippen molar-refractivity contribution in [3.05, 3.63) is 59.8 Å². The Morgan fingerprint density at radius 1 is 1.05 bits per heavy atom. The zero-order valence-corrected chi connectivity index (χ0v) is 12.3. The second-order valence-electron chi connectivity index (χ2n) is 5.04. The highest BCUT2D eigenvalue weighted by Gasteiger charge is 2.06. The van der Waals surface area contributed by atoms with Crippen LogP contribution in [-0.2, 0) is 20.1 Å². The van der Waals surface area contributed by atoms with Crippen molar-refractivity contribution in [3.63, 3.8) is 0 Å². The molecule has 108 valence electrons. The Kier molecular flexibility index (Phi) is 3.88. The van der Waals surface area contributed by atoms with Crippen LogP contribution in [0.5, 0.6) is 5.75 Å². The fraction of sp³-hybridized carbons (Fsp3) is 0.235. The molecular formula is C17H19N3O. The van der Waals surface area contributed by atoms with Gasteiger partial charge in [0.15, 0.2) is 0 Å². The number of para-hydroxylation sites is 1. The van der Waals surface area contributed by atoms with Gasteiger partial charge in [0.1, 0.15) is 5.75 Å². The van der Waals surface area contributed by atoms with Gasteiger partial charge in [-0.3, -0.25) is 4.68 Å². The SMILES string of the molecule is COc1ccc(CNCc2nn(C)c3ccccc23)cc1. The summed E-state index contributed by atoms with van der Waals surface area (Å²) >= 11 is 0. The van der Waals surface area contributed by atoms with Gasteiger partial charge in [-0.15, -0.1) is 0 Å². The Bertz CT molecular complexity index is 731. The second kappa shape index (κ2) is 5.97. The molecule has 0 aliphatic rings. The Morgan fingerprint density at radius 2 is 1.81 bits per heavy atom. The van der Waals surface area contributed by atoms with E-state index in [1.54, 1.807) is 7.11 Å². The van der Waals surface area contributed by atoms with Crippen molar-refractivity contribution in [1.82, 2.24) is 15.1 Å². The molecule has 4 nitrogen and oxygen atoms in total. The maximum atomic E-state index is 5.16. The summed E-state index contributed by atoms with van der Waals surface area (Å²) in [5.74, 6) is 0.884. The fourth-order valence-electron chi connectivity index (χ4n) is 2.49. The average Bonchev–Trinajstić information content (AvgIpc) is 2.85. The van der Waals surface area contributed by atoms with Gasteiger partial charge < -0.3 is 10.1 Å². The smallest absolute Gasteiger partial charge is 0.118 e. The first-order chi connectivity index (χ1) is 10.3. The molecule has 0 saturated carbocycles. The molecule has 1 heterocycles. The minimum Gasteiger partial charge on any atom is -0.497 e. The standard InChI is InChI=1S/C17H19N3O/c1-20-17-6-4-3-5-15(17)16(19-20)12-18-11-13-7-9-14(21-2)10-8-13/h3-10,18H,11-12H2,1-2H3. The van der Waals surface area contributed by atoms with Gasteiger partial charge in [-0.2, -0.15) is 5.10 Å². The molecule has 0 atom stereocenters. The van der Waals surface area contributed by atoms with Gasteiger partial charge in [0.25, 0.3) is 0 Å². The summed E-state index contributed by atoms with van der Waals surface area (Å²) in [5.41, 5.74) is 3.48. The van der Waals surface area contributed by atoms with Gasteiger partial charge in [0.05, 0.1) is 18.3 Å². The number of nitrogens with zero attached hydrogens (tertiary/aromatic N) is 2. The van der Waals surface area contributed by atoms with Gasteiger partial charge in [-0.05, 0) is 23.8 Å². The summed E-state index contributed by atoms with van der Waals surface area (Å²) in [7, 11) is 3.66. The van der Waals surface area contributed by atoms with Crippen molar-refractivity contribution in [1.29, 1.82) is 0 Å². The monoisotopic (exact) mass is 281 g/mol. The minimum atomic E-state index is 0.757. The highest BCUT2D eigenvalue weighted by molar-refractivity contribution is 5.81. The first-order valence-electron chi connectivity index (χ1n) is 7.02. The third-order valence-corrected chi connectivity index (χ3v) is 3.61. The zero-order chi connectivity index (χ0) is 14.7. The predicted octanol–water partition coefficient (Wildman–Crippen LogP) is 2.87. The number of benzene rings is 2. The van der Waals surface area contributed by atoms with Crippen LogP contribution >= 0.6 is 0 Å². The molecule has 2 aromatic carbocycles. The Morgan fingerprint density at radius 3 is 2.57 bits per heavy atom. The van der Waals surface area contributed by atoms with E-state index in [1.165, 1.54) is 16.5 Å². The summed E-state index contributed by atoms with van der Waals surface area (Å²) in [4.78, 5) is 0. The summed E-state index contributed by atoms with van der Waals surface area (Å²) in [6, 6.07) is 16.4. The van der Waals surface area contributed by atoms with Crippen LogP contribution in [0.3, 0.4) is 0 Å². The third-order valence-electron chi connectivity index (χ3n) is 3.61. The van der Waals surface area contributed by atoms with E-state index in [0.29, 0.717) is 0 Å². The highest BCUT2D eigenvalue weighted by atomic mass is 16.5. The molecule has 3 aromatic rings. The van der Waals surface area contributed by atoms with Crippen LogP contribution in [0, 0.1) is 0 Å². The number of aryl methyl sites for hydroxylation is 1. The van der Waals surface area contributed by atoms with Crippen molar-refractivity contribution in [2.75, 3.05) is 7.11 Å². The van der Waals surface area contributed by atoms with Crippen LogP contribution in [0.15, 0.2) is 48.5 Å². The van der Waals surface area contributed by atoms with Crippen LogP contribution in [0.1, 0.15) is 11.3 Å². The number of ether oxygens (including phenoxy) is 1.